The number of hydrogen-bond acceptors (Lipinski definition) is 2. The van der Waals surface area contributed by atoms with Gasteiger partial charge in [-0.1, -0.05) is 206 Å². The molecule has 2 nitrogen and oxygen atoms in total. The number of para-hydroxylation sites is 3. The van der Waals surface area contributed by atoms with Crippen molar-refractivity contribution in [3.05, 3.63) is 249 Å². The van der Waals surface area contributed by atoms with Gasteiger partial charge in [0.05, 0.1) is 5.69 Å². The zero-order valence-corrected chi connectivity index (χ0v) is 35.0. The predicted molar refractivity (Wildman–Crippen MR) is 271 cm³/mol. The smallest absolute Gasteiger partial charge is 0.143 e. The standard InChI is InChI=1S/C62H41NO/c1-3-19-52-43(13-1)15-10-23-54(52)45-33-37-50(38-34-45)63(51-39-35-47(36-40-51)57-25-12-26-59-58-22-6-8-28-61(58)64-62(57)59)60-27-7-5-21-56(60)46-31-29-42(30-32-46)48-17-9-18-49(41-48)55-24-11-16-44-14-2-4-20-53(44)55/h1-41H. The maximum Gasteiger partial charge on any atom is 0.143 e. The molecule has 0 amide bonds. The van der Waals surface area contributed by atoms with E-state index in [2.05, 4.69) is 241 Å². The Hall–Kier alpha value is -8.46. The highest BCUT2D eigenvalue weighted by atomic mass is 16.3. The minimum absolute atomic E-state index is 0.902. The Morgan fingerprint density at radius 3 is 1.41 bits per heavy atom. The first-order chi connectivity index (χ1) is 31.7. The summed E-state index contributed by atoms with van der Waals surface area (Å²) in [6, 6.07) is 89.6. The van der Waals surface area contributed by atoms with Gasteiger partial charge in [0.1, 0.15) is 11.2 Å². The molecule has 0 spiro atoms. The van der Waals surface area contributed by atoms with Crippen LogP contribution in [0.1, 0.15) is 0 Å². The SMILES string of the molecule is c1cc(-c2ccc(-c3ccccc3N(c3ccc(-c4cccc5ccccc45)cc3)c3ccc(-c4cccc5c4oc4ccccc45)cc3)cc2)cc(-c2cccc3ccccc23)c1. The summed E-state index contributed by atoms with van der Waals surface area (Å²) in [7, 11) is 0. The second-order valence-electron chi connectivity index (χ2n) is 16.4. The second-order valence-corrected chi connectivity index (χ2v) is 16.4. The van der Waals surface area contributed by atoms with E-state index < -0.39 is 0 Å². The highest BCUT2D eigenvalue weighted by Crippen LogP contribution is 2.44. The van der Waals surface area contributed by atoms with E-state index in [1.807, 2.05) is 12.1 Å². The Labute approximate surface area is 372 Å². The van der Waals surface area contributed by atoms with Gasteiger partial charge in [-0.2, -0.15) is 0 Å². The molecule has 0 radical (unpaired) electrons. The summed E-state index contributed by atoms with van der Waals surface area (Å²) in [6.07, 6.45) is 0. The number of anilines is 3. The maximum atomic E-state index is 6.46. The van der Waals surface area contributed by atoms with Crippen molar-refractivity contribution in [1.82, 2.24) is 0 Å². The summed E-state index contributed by atoms with van der Waals surface area (Å²) >= 11 is 0. The molecular formula is C62H41NO. The van der Waals surface area contributed by atoms with Crippen LogP contribution in [-0.4, -0.2) is 0 Å². The Morgan fingerprint density at radius 2 is 0.703 bits per heavy atom. The number of nitrogens with zero attached hydrogens (tertiary/aromatic N) is 1. The van der Waals surface area contributed by atoms with Crippen molar-refractivity contribution in [2.75, 3.05) is 4.90 Å². The van der Waals surface area contributed by atoms with Crippen LogP contribution in [0.4, 0.5) is 17.1 Å². The van der Waals surface area contributed by atoms with E-state index in [0.717, 1.165) is 61.3 Å². The van der Waals surface area contributed by atoms with Crippen molar-refractivity contribution in [3.63, 3.8) is 0 Å². The van der Waals surface area contributed by atoms with E-state index >= 15 is 0 Å². The average Bonchev–Trinajstić information content (AvgIpc) is 3.76. The maximum absolute atomic E-state index is 6.46. The Bertz CT molecular complexity index is 3640. The summed E-state index contributed by atoms with van der Waals surface area (Å²) in [5, 5.41) is 7.26. The molecule has 1 aromatic heterocycles. The summed E-state index contributed by atoms with van der Waals surface area (Å²) < 4.78 is 6.46. The molecule has 0 bridgehead atoms. The van der Waals surface area contributed by atoms with Crippen LogP contribution >= 0.6 is 0 Å². The van der Waals surface area contributed by atoms with Crippen LogP contribution in [-0.2, 0) is 0 Å². The normalized spacial score (nSPS) is 11.4. The lowest BCUT2D eigenvalue weighted by atomic mass is 9.94. The molecule has 0 aliphatic heterocycles. The lowest BCUT2D eigenvalue weighted by Gasteiger charge is -2.28. The molecule has 0 aliphatic rings. The molecule has 12 aromatic rings. The molecule has 0 N–H and O–H groups in total. The molecule has 64 heavy (non-hydrogen) atoms. The third-order valence-corrected chi connectivity index (χ3v) is 12.7. The van der Waals surface area contributed by atoms with E-state index in [9.17, 15) is 0 Å². The van der Waals surface area contributed by atoms with Gasteiger partial charge < -0.3 is 9.32 Å². The predicted octanol–water partition coefficient (Wildman–Crippen LogP) is 17.7. The van der Waals surface area contributed by atoms with Crippen LogP contribution < -0.4 is 4.90 Å². The van der Waals surface area contributed by atoms with E-state index in [-0.39, 0.29) is 0 Å². The summed E-state index contributed by atoms with van der Waals surface area (Å²) in [5.74, 6) is 0. The topological polar surface area (TPSA) is 16.4 Å². The largest absolute Gasteiger partial charge is 0.455 e. The lowest BCUT2D eigenvalue weighted by Crippen LogP contribution is -2.11. The average molecular weight is 816 g/mol. The lowest BCUT2D eigenvalue weighted by molar-refractivity contribution is 0.670. The number of rotatable bonds is 8. The first-order valence-electron chi connectivity index (χ1n) is 21.9. The first-order valence-corrected chi connectivity index (χ1v) is 21.9. The monoisotopic (exact) mass is 815 g/mol. The summed E-state index contributed by atoms with van der Waals surface area (Å²) in [5.41, 5.74) is 16.8. The van der Waals surface area contributed by atoms with Gasteiger partial charge in [0.15, 0.2) is 0 Å². The van der Waals surface area contributed by atoms with E-state index in [4.69, 9.17) is 4.42 Å². The Morgan fingerprint density at radius 1 is 0.266 bits per heavy atom. The quantitative estimate of drug-likeness (QED) is 0.152. The van der Waals surface area contributed by atoms with Gasteiger partial charge in [0.2, 0.25) is 0 Å². The molecule has 11 aromatic carbocycles. The van der Waals surface area contributed by atoms with Gasteiger partial charge in [0, 0.05) is 33.3 Å². The van der Waals surface area contributed by atoms with Crippen LogP contribution in [0.2, 0.25) is 0 Å². The molecule has 0 fully saturated rings. The van der Waals surface area contributed by atoms with Gasteiger partial charge >= 0.3 is 0 Å². The third kappa shape index (κ3) is 6.61. The molecule has 12 rings (SSSR count). The van der Waals surface area contributed by atoms with Gasteiger partial charge in [-0.05, 0) is 109 Å². The van der Waals surface area contributed by atoms with E-state index in [1.54, 1.807) is 0 Å². The van der Waals surface area contributed by atoms with Crippen molar-refractivity contribution < 1.29 is 4.42 Å². The molecular weight excluding hydrogens is 775 g/mol. The van der Waals surface area contributed by atoms with Crippen molar-refractivity contribution in [1.29, 1.82) is 0 Å². The zero-order chi connectivity index (χ0) is 42.4. The molecule has 0 saturated heterocycles. The fourth-order valence-electron chi connectivity index (χ4n) is 9.56. The number of benzene rings is 11. The molecule has 0 atom stereocenters. The van der Waals surface area contributed by atoms with Crippen LogP contribution in [0.25, 0.3) is 99.1 Å². The molecule has 0 saturated carbocycles. The van der Waals surface area contributed by atoms with Crippen LogP contribution in [0, 0.1) is 0 Å². The third-order valence-electron chi connectivity index (χ3n) is 12.7. The van der Waals surface area contributed by atoms with Crippen LogP contribution in [0.5, 0.6) is 0 Å². The number of furan rings is 1. The highest BCUT2D eigenvalue weighted by molar-refractivity contribution is 6.09. The van der Waals surface area contributed by atoms with Gasteiger partial charge in [-0.15, -0.1) is 0 Å². The first kappa shape index (κ1) is 37.3. The summed E-state index contributed by atoms with van der Waals surface area (Å²) in [6.45, 7) is 0. The van der Waals surface area contributed by atoms with Crippen molar-refractivity contribution in [3.8, 4) is 55.6 Å². The molecule has 2 heteroatoms. The van der Waals surface area contributed by atoms with Crippen molar-refractivity contribution >= 4 is 60.5 Å². The fourth-order valence-corrected chi connectivity index (χ4v) is 9.56. The van der Waals surface area contributed by atoms with E-state index in [1.165, 1.54) is 54.9 Å². The molecule has 300 valence electrons. The van der Waals surface area contributed by atoms with Gasteiger partial charge in [-0.25, -0.2) is 0 Å². The van der Waals surface area contributed by atoms with Gasteiger partial charge in [-0.3, -0.25) is 0 Å². The highest BCUT2D eigenvalue weighted by Gasteiger charge is 2.19. The minimum Gasteiger partial charge on any atom is -0.455 e. The summed E-state index contributed by atoms with van der Waals surface area (Å²) in [4.78, 5) is 2.38. The Balaban J connectivity index is 0.938. The number of fused-ring (bicyclic) bond motifs is 5. The molecule has 1 heterocycles. The minimum atomic E-state index is 0.902. The van der Waals surface area contributed by atoms with E-state index in [0.29, 0.717) is 0 Å². The van der Waals surface area contributed by atoms with Crippen molar-refractivity contribution in [2.45, 2.75) is 0 Å². The fraction of sp³-hybridized carbons (Fsp3) is 0. The van der Waals surface area contributed by atoms with Gasteiger partial charge in [0.25, 0.3) is 0 Å². The number of hydrogen-bond donors (Lipinski definition) is 0. The zero-order valence-electron chi connectivity index (χ0n) is 35.0. The van der Waals surface area contributed by atoms with Crippen molar-refractivity contribution in [2.24, 2.45) is 0 Å². The molecule has 0 aliphatic carbocycles. The van der Waals surface area contributed by atoms with Crippen LogP contribution in [0.15, 0.2) is 253 Å². The van der Waals surface area contributed by atoms with Crippen LogP contribution in [0.3, 0.4) is 0 Å². The molecule has 0 unspecified atom stereocenters. The Kier molecular flexibility index (Phi) is 9.20. The second kappa shape index (κ2) is 15.8.